The highest BCUT2D eigenvalue weighted by atomic mass is 35.5. The van der Waals surface area contributed by atoms with Crippen molar-refractivity contribution in [2.75, 3.05) is 19.5 Å². The number of methoxy groups -OCH3 is 1. The van der Waals surface area contributed by atoms with Crippen LogP contribution in [0.2, 0.25) is 10.0 Å². The Morgan fingerprint density at radius 1 is 1.02 bits per heavy atom. The first kappa shape index (κ1) is 31.4. The number of aryl methyl sites for hydroxylation is 1. The van der Waals surface area contributed by atoms with Crippen LogP contribution in [0.4, 0.5) is 10.5 Å². The number of nitrogens with one attached hydrogen (secondary N) is 3. The van der Waals surface area contributed by atoms with Crippen molar-refractivity contribution in [3.8, 4) is 5.82 Å². The Morgan fingerprint density at radius 2 is 1.74 bits per heavy atom. The molecule has 0 saturated carbocycles. The molecule has 0 aliphatic carbocycles. The molecule has 4 aromatic rings. The fraction of sp³-hybridized carbons (Fsp3) is 0.148. The number of carbonyl (C=O) groups excluding carboxylic acids is 3. The van der Waals surface area contributed by atoms with Crippen LogP contribution >= 0.6 is 23.2 Å². The van der Waals surface area contributed by atoms with Crippen LogP contribution in [0.15, 0.2) is 71.8 Å². The van der Waals surface area contributed by atoms with Gasteiger partial charge in [-0.3, -0.25) is 15.0 Å². The number of aromatic nitrogens is 3. The third-order valence-corrected chi connectivity index (χ3v) is 7.86. The second-order valence-corrected chi connectivity index (χ2v) is 11.6. The molecule has 0 aliphatic heterocycles. The fourth-order valence-corrected chi connectivity index (χ4v) is 5.38. The number of hydrazine groups is 1. The lowest BCUT2D eigenvalue weighted by Gasteiger charge is -2.19. The molecule has 0 radical (unpaired) electrons. The van der Waals surface area contributed by atoms with Gasteiger partial charge in [0.05, 0.1) is 40.5 Å². The summed E-state index contributed by atoms with van der Waals surface area (Å²) in [5.41, 5.74) is 2.94. The summed E-state index contributed by atoms with van der Waals surface area (Å²) in [4.78, 5) is 42.8. The molecule has 3 amide bonds. The van der Waals surface area contributed by atoms with Crippen LogP contribution < -0.4 is 15.5 Å². The van der Waals surface area contributed by atoms with E-state index in [9.17, 15) is 22.8 Å². The van der Waals surface area contributed by atoms with Crippen molar-refractivity contribution in [2.45, 2.75) is 18.4 Å². The van der Waals surface area contributed by atoms with Gasteiger partial charge in [-0.25, -0.2) is 32.6 Å². The number of halogens is 2. The molecule has 0 bridgehead atoms. The summed E-state index contributed by atoms with van der Waals surface area (Å²) in [6.07, 6.45) is 0.621. The molecule has 0 saturated heterocycles. The minimum Gasteiger partial charge on any atom is -0.452 e. The molecule has 3 N–H and O–H groups in total. The molecule has 0 spiro atoms. The lowest BCUT2D eigenvalue weighted by atomic mass is 10.1. The summed E-state index contributed by atoms with van der Waals surface area (Å²) in [6.45, 7) is 1.36. The Morgan fingerprint density at radius 3 is 2.42 bits per heavy atom. The SMILES string of the molecule is COC(=O)N(C)NC(=O)c1cc(Cl)cc(C)c1NC(=O)c1cc(CNS(=O)(=O)c2ccccc2)nn1-c1ncccc1Cl. The van der Waals surface area contributed by atoms with E-state index in [1.54, 1.807) is 37.3 Å². The number of amides is 3. The van der Waals surface area contributed by atoms with Crippen molar-refractivity contribution < 1.29 is 27.5 Å². The number of sulfonamides is 1. The largest absolute Gasteiger partial charge is 0.452 e. The van der Waals surface area contributed by atoms with E-state index >= 15 is 0 Å². The molecule has 13 nitrogen and oxygen atoms in total. The van der Waals surface area contributed by atoms with Crippen molar-refractivity contribution in [2.24, 2.45) is 0 Å². The Balaban J connectivity index is 1.69. The van der Waals surface area contributed by atoms with E-state index in [0.29, 0.717) is 5.56 Å². The molecular weight excluding hydrogens is 621 g/mol. The van der Waals surface area contributed by atoms with Gasteiger partial charge in [-0.2, -0.15) is 5.10 Å². The van der Waals surface area contributed by atoms with Gasteiger partial charge >= 0.3 is 6.09 Å². The number of hydrogen-bond donors (Lipinski definition) is 3. The third kappa shape index (κ3) is 7.29. The van der Waals surface area contributed by atoms with Crippen molar-refractivity contribution in [3.05, 3.63) is 99.4 Å². The lowest BCUT2D eigenvalue weighted by Crippen LogP contribution is -2.43. The van der Waals surface area contributed by atoms with E-state index in [1.807, 2.05) is 0 Å². The van der Waals surface area contributed by atoms with E-state index < -0.39 is 27.9 Å². The Labute approximate surface area is 256 Å². The van der Waals surface area contributed by atoms with Crippen LogP contribution in [0, 0.1) is 6.92 Å². The van der Waals surface area contributed by atoms with Crippen LogP contribution in [0.5, 0.6) is 0 Å². The summed E-state index contributed by atoms with van der Waals surface area (Å²) in [7, 11) is -1.45. The monoisotopic (exact) mass is 645 g/mol. The van der Waals surface area contributed by atoms with Gasteiger partial charge < -0.3 is 10.1 Å². The molecule has 2 aromatic carbocycles. The van der Waals surface area contributed by atoms with Gasteiger partial charge in [-0.15, -0.1) is 0 Å². The highest BCUT2D eigenvalue weighted by molar-refractivity contribution is 7.89. The molecule has 43 heavy (non-hydrogen) atoms. The second kappa shape index (κ2) is 13.2. The maximum absolute atomic E-state index is 13.7. The zero-order chi connectivity index (χ0) is 31.3. The lowest BCUT2D eigenvalue weighted by molar-refractivity contribution is 0.0767. The molecule has 0 unspecified atom stereocenters. The predicted molar refractivity (Wildman–Crippen MR) is 159 cm³/mol. The van der Waals surface area contributed by atoms with Gasteiger partial charge in [-0.05, 0) is 55.0 Å². The first-order valence-corrected chi connectivity index (χ1v) is 14.6. The summed E-state index contributed by atoms with van der Waals surface area (Å²) in [5, 5.41) is 8.29. The van der Waals surface area contributed by atoms with Gasteiger partial charge in [-0.1, -0.05) is 41.4 Å². The fourth-order valence-electron chi connectivity index (χ4n) is 3.89. The second-order valence-electron chi connectivity index (χ2n) is 8.95. The van der Waals surface area contributed by atoms with E-state index in [4.69, 9.17) is 23.2 Å². The molecule has 224 valence electrons. The zero-order valence-electron chi connectivity index (χ0n) is 23.0. The van der Waals surface area contributed by atoms with Crippen molar-refractivity contribution in [1.82, 2.24) is 29.9 Å². The minimum atomic E-state index is -3.88. The summed E-state index contributed by atoms with van der Waals surface area (Å²) < 4.78 is 33.7. The highest BCUT2D eigenvalue weighted by Crippen LogP contribution is 2.27. The normalized spacial score (nSPS) is 11.1. The zero-order valence-corrected chi connectivity index (χ0v) is 25.3. The molecular formula is C27H25Cl2N7O6S. The molecule has 4 rings (SSSR count). The van der Waals surface area contributed by atoms with Crippen molar-refractivity contribution >= 4 is 56.8 Å². The molecule has 0 atom stereocenters. The van der Waals surface area contributed by atoms with Crippen LogP contribution in [0.1, 0.15) is 32.1 Å². The number of anilines is 1. The Bertz CT molecular complexity index is 1800. The van der Waals surface area contributed by atoms with Gasteiger partial charge in [0.2, 0.25) is 10.0 Å². The quantitative estimate of drug-likeness (QED) is 0.242. The Kier molecular flexibility index (Phi) is 9.66. The average molecular weight is 647 g/mol. The number of carbonyl (C=O) groups is 3. The van der Waals surface area contributed by atoms with Gasteiger partial charge in [0.15, 0.2) is 5.82 Å². The number of ether oxygens (including phenoxy) is 1. The molecule has 0 fully saturated rings. The highest BCUT2D eigenvalue weighted by Gasteiger charge is 2.25. The summed E-state index contributed by atoms with van der Waals surface area (Å²) in [6, 6.07) is 15.1. The van der Waals surface area contributed by atoms with Crippen molar-refractivity contribution in [3.63, 3.8) is 0 Å². The first-order valence-electron chi connectivity index (χ1n) is 12.4. The number of hydrogen-bond acceptors (Lipinski definition) is 8. The van der Waals surface area contributed by atoms with Crippen LogP contribution in [0.25, 0.3) is 5.82 Å². The molecule has 2 aromatic heterocycles. The number of pyridine rings is 1. The number of benzene rings is 2. The smallest absolute Gasteiger partial charge is 0.428 e. The standard InChI is InChI=1S/C27H25Cl2N7O6S/c1-16-12-17(28)13-20(25(37)34-35(2)27(39)42-3)23(16)32-26(38)22-14-18(33-36(22)24-21(29)10-7-11-30-24)15-31-43(40,41)19-8-5-4-6-9-19/h4-14,31H,15H2,1-3H3,(H,32,38)(H,34,37). The van der Waals surface area contributed by atoms with E-state index in [2.05, 4.69) is 30.3 Å². The predicted octanol–water partition coefficient (Wildman–Crippen LogP) is 3.96. The van der Waals surface area contributed by atoms with Crippen LogP contribution in [-0.2, 0) is 21.3 Å². The van der Waals surface area contributed by atoms with E-state index in [1.165, 1.54) is 48.3 Å². The third-order valence-electron chi connectivity index (χ3n) is 5.93. The molecule has 2 heterocycles. The van der Waals surface area contributed by atoms with Gasteiger partial charge in [0.25, 0.3) is 11.8 Å². The topological polar surface area (TPSA) is 165 Å². The number of rotatable bonds is 8. The van der Waals surface area contributed by atoms with E-state index in [0.717, 1.165) is 12.1 Å². The maximum atomic E-state index is 13.7. The average Bonchev–Trinajstić information content (AvgIpc) is 3.41. The van der Waals surface area contributed by atoms with Gasteiger partial charge in [0, 0.05) is 18.3 Å². The Hall–Kier alpha value is -4.50. The minimum absolute atomic E-state index is 0.0492. The van der Waals surface area contributed by atoms with Gasteiger partial charge in [0.1, 0.15) is 5.69 Å². The summed E-state index contributed by atoms with van der Waals surface area (Å²) >= 11 is 12.6. The molecule has 16 heteroatoms. The summed E-state index contributed by atoms with van der Waals surface area (Å²) in [5.74, 6) is -1.38. The number of nitrogens with zero attached hydrogens (tertiary/aromatic N) is 4. The maximum Gasteiger partial charge on any atom is 0.428 e. The van der Waals surface area contributed by atoms with Crippen LogP contribution in [0.3, 0.4) is 0 Å². The molecule has 0 aliphatic rings. The van der Waals surface area contributed by atoms with Crippen molar-refractivity contribution in [1.29, 1.82) is 0 Å². The van der Waals surface area contributed by atoms with Crippen LogP contribution in [-0.4, -0.2) is 60.3 Å². The first-order chi connectivity index (χ1) is 20.4. The van der Waals surface area contributed by atoms with E-state index in [-0.39, 0.29) is 49.9 Å².